The van der Waals surface area contributed by atoms with E-state index in [1.54, 1.807) is 29.1 Å². The summed E-state index contributed by atoms with van der Waals surface area (Å²) in [5.41, 5.74) is 8.39. The van der Waals surface area contributed by atoms with Crippen molar-refractivity contribution in [3.05, 3.63) is 47.3 Å². The Hall–Kier alpha value is -1.70. The minimum Gasteiger partial charge on any atom is -0.326 e. The van der Waals surface area contributed by atoms with Crippen molar-refractivity contribution in [2.75, 3.05) is 6.54 Å². The number of sulfonamides is 1. The Morgan fingerprint density at radius 1 is 1.33 bits per heavy atom. The molecule has 114 valence electrons. The van der Waals surface area contributed by atoms with Crippen molar-refractivity contribution in [1.82, 2.24) is 14.5 Å². The summed E-state index contributed by atoms with van der Waals surface area (Å²) in [6.07, 6.45) is 2.29. The summed E-state index contributed by atoms with van der Waals surface area (Å²) in [6, 6.07) is 6.86. The van der Waals surface area contributed by atoms with Crippen LogP contribution in [0.25, 0.3) is 0 Å². The van der Waals surface area contributed by atoms with Gasteiger partial charge in [-0.25, -0.2) is 13.1 Å². The highest BCUT2D eigenvalue weighted by Crippen LogP contribution is 2.15. The van der Waals surface area contributed by atoms with Crippen molar-refractivity contribution in [2.24, 2.45) is 12.8 Å². The standard InChI is InChI=1S/C14H20N4O2S/c1-11-9-14(4-3-12(11)10-15)21(19,20)17-8-6-13-5-7-16-18(13)2/h3-5,7,9,17H,6,8,10,15H2,1-2H3. The maximum absolute atomic E-state index is 12.2. The molecule has 0 saturated heterocycles. The predicted molar refractivity (Wildman–Crippen MR) is 81.2 cm³/mol. The zero-order valence-electron chi connectivity index (χ0n) is 12.2. The summed E-state index contributed by atoms with van der Waals surface area (Å²) in [6.45, 7) is 2.59. The van der Waals surface area contributed by atoms with Crippen LogP contribution in [0.15, 0.2) is 35.4 Å². The molecule has 0 unspecified atom stereocenters. The first-order valence-corrected chi connectivity index (χ1v) is 8.18. The van der Waals surface area contributed by atoms with E-state index in [1.165, 1.54) is 0 Å². The molecule has 0 aliphatic rings. The van der Waals surface area contributed by atoms with Gasteiger partial charge in [-0.1, -0.05) is 6.07 Å². The fourth-order valence-corrected chi connectivity index (χ4v) is 3.22. The molecule has 0 amide bonds. The third kappa shape index (κ3) is 3.69. The van der Waals surface area contributed by atoms with Crippen molar-refractivity contribution in [3.63, 3.8) is 0 Å². The van der Waals surface area contributed by atoms with Crippen LogP contribution in [0.1, 0.15) is 16.8 Å². The lowest BCUT2D eigenvalue weighted by atomic mass is 10.1. The molecule has 2 aromatic rings. The molecule has 3 N–H and O–H groups in total. The number of nitrogens with zero attached hydrogens (tertiary/aromatic N) is 2. The number of nitrogens with two attached hydrogens (primary N) is 1. The van der Waals surface area contributed by atoms with Crippen molar-refractivity contribution in [1.29, 1.82) is 0 Å². The number of aromatic nitrogens is 2. The van der Waals surface area contributed by atoms with E-state index in [1.807, 2.05) is 20.0 Å². The van der Waals surface area contributed by atoms with Gasteiger partial charge in [0.25, 0.3) is 0 Å². The molecule has 7 heteroatoms. The van der Waals surface area contributed by atoms with Gasteiger partial charge in [-0.15, -0.1) is 0 Å². The van der Waals surface area contributed by atoms with Gasteiger partial charge >= 0.3 is 0 Å². The Labute approximate surface area is 125 Å². The molecule has 2 rings (SSSR count). The molecular formula is C14H20N4O2S. The molecule has 0 radical (unpaired) electrons. The van der Waals surface area contributed by atoms with Gasteiger partial charge in [-0.05, 0) is 36.2 Å². The van der Waals surface area contributed by atoms with E-state index in [9.17, 15) is 8.42 Å². The van der Waals surface area contributed by atoms with E-state index in [2.05, 4.69) is 9.82 Å². The van der Waals surface area contributed by atoms with Crippen LogP contribution in [0.4, 0.5) is 0 Å². The molecule has 0 fully saturated rings. The molecule has 6 nitrogen and oxygen atoms in total. The minimum absolute atomic E-state index is 0.266. The van der Waals surface area contributed by atoms with Crippen LogP contribution in [0, 0.1) is 6.92 Å². The third-order valence-electron chi connectivity index (χ3n) is 3.44. The van der Waals surface area contributed by atoms with Crippen LogP contribution in [-0.2, 0) is 30.0 Å². The molecule has 0 aliphatic heterocycles. The lowest BCUT2D eigenvalue weighted by Gasteiger charge is -2.09. The average molecular weight is 308 g/mol. The van der Waals surface area contributed by atoms with Crippen molar-refractivity contribution >= 4 is 10.0 Å². The normalized spacial score (nSPS) is 11.8. The Morgan fingerprint density at radius 3 is 2.67 bits per heavy atom. The fraction of sp³-hybridized carbons (Fsp3) is 0.357. The molecule has 21 heavy (non-hydrogen) atoms. The van der Waals surface area contributed by atoms with E-state index >= 15 is 0 Å². The SMILES string of the molecule is Cc1cc(S(=O)(=O)NCCc2ccnn2C)ccc1CN. The number of hydrogen-bond donors (Lipinski definition) is 2. The first-order valence-electron chi connectivity index (χ1n) is 6.70. The van der Waals surface area contributed by atoms with E-state index < -0.39 is 10.0 Å². The summed E-state index contributed by atoms with van der Waals surface area (Å²) in [7, 11) is -1.66. The summed E-state index contributed by atoms with van der Waals surface area (Å²) >= 11 is 0. The zero-order chi connectivity index (χ0) is 15.5. The van der Waals surface area contributed by atoms with Gasteiger partial charge in [0, 0.05) is 38.4 Å². The van der Waals surface area contributed by atoms with Crippen LogP contribution in [-0.4, -0.2) is 24.7 Å². The van der Waals surface area contributed by atoms with Gasteiger partial charge in [0.2, 0.25) is 10.0 Å². The summed E-state index contributed by atoms with van der Waals surface area (Å²) < 4.78 is 28.8. The summed E-state index contributed by atoms with van der Waals surface area (Å²) in [5, 5.41) is 4.05. The largest absolute Gasteiger partial charge is 0.326 e. The van der Waals surface area contributed by atoms with Crippen LogP contribution in [0.3, 0.4) is 0 Å². The lowest BCUT2D eigenvalue weighted by molar-refractivity contribution is 0.579. The molecule has 1 aromatic carbocycles. The zero-order valence-corrected chi connectivity index (χ0v) is 13.0. The first-order chi connectivity index (χ1) is 9.94. The Kier molecular flexibility index (Phi) is 4.76. The Bertz CT molecular complexity index is 722. The second kappa shape index (κ2) is 6.38. The van der Waals surface area contributed by atoms with Gasteiger partial charge in [0.15, 0.2) is 0 Å². The maximum Gasteiger partial charge on any atom is 0.240 e. The monoisotopic (exact) mass is 308 g/mol. The Morgan fingerprint density at radius 2 is 2.10 bits per heavy atom. The van der Waals surface area contributed by atoms with Crippen LogP contribution >= 0.6 is 0 Å². The second-order valence-corrected chi connectivity index (χ2v) is 6.65. The predicted octanol–water partition coefficient (Wildman–Crippen LogP) is 0.708. The number of nitrogens with one attached hydrogen (secondary N) is 1. The molecule has 1 heterocycles. The smallest absolute Gasteiger partial charge is 0.240 e. The molecule has 1 aromatic heterocycles. The molecule has 0 spiro atoms. The van der Waals surface area contributed by atoms with Crippen molar-refractivity contribution in [2.45, 2.75) is 24.8 Å². The molecular weight excluding hydrogens is 288 g/mol. The van der Waals surface area contributed by atoms with E-state index in [0.29, 0.717) is 19.5 Å². The molecule has 0 bridgehead atoms. The highest BCUT2D eigenvalue weighted by Gasteiger charge is 2.14. The van der Waals surface area contributed by atoms with Crippen molar-refractivity contribution < 1.29 is 8.42 Å². The minimum atomic E-state index is -3.49. The second-order valence-electron chi connectivity index (χ2n) is 4.89. The van der Waals surface area contributed by atoms with Gasteiger partial charge < -0.3 is 5.73 Å². The van der Waals surface area contributed by atoms with Crippen LogP contribution in [0.5, 0.6) is 0 Å². The average Bonchev–Trinajstić information content (AvgIpc) is 2.84. The van der Waals surface area contributed by atoms with Gasteiger partial charge in [0.05, 0.1) is 4.90 Å². The van der Waals surface area contributed by atoms with Gasteiger partial charge in [-0.3, -0.25) is 4.68 Å². The quantitative estimate of drug-likeness (QED) is 0.822. The highest BCUT2D eigenvalue weighted by atomic mass is 32.2. The Balaban J connectivity index is 2.05. The topological polar surface area (TPSA) is 90.0 Å². The molecule has 0 saturated carbocycles. The fourth-order valence-electron chi connectivity index (χ4n) is 2.11. The van der Waals surface area contributed by atoms with E-state index in [0.717, 1.165) is 16.8 Å². The van der Waals surface area contributed by atoms with Gasteiger partial charge in [0.1, 0.15) is 0 Å². The van der Waals surface area contributed by atoms with Gasteiger partial charge in [-0.2, -0.15) is 5.10 Å². The lowest BCUT2D eigenvalue weighted by Crippen LogP contribution is -2.26. The summed E-state index contributed by atoms with van der Waals surface area (Å²) in [4.78, 5) is 0.266. The molecule has 0 atom stereocenters. The third-order valence-corrected chi connectivity index (χ3v) is 4.90. The first kappa shape index (κ1) is 15.7. The highest BCUT2D eigenvalue weighted by molar-refractivity contribution is 7.89. The summed E-state index contributed by atoms with van der Waals surface area (Å²) in [5.74, 6) is 0. The number of rotatable bonds is 6. The molecule has 0 aliphatic carbocycles. The number of benzene rings is 1. The number of aryl methyl sites for hydroxylation is 2. The van der Waals surface area contributed by atoms with E-state index in [-0.39, 0.29) is 4.90 Å². The maximum atomic E-state index is 12.2. The number of hydrogen-bond acceptors (Lipinski definition) is 4. The van der Waals surface area contributed by atoms with Crippen LogP contribution in [0.2, 0.25) is 0 Å². The van der Waals surface area contributed by atoms with Crippen LogP contribution < -0.4 is 10.5 Å². The van der Waals surface area contributed by atoms with E-state index in [4.69, 9.17) is 5.73 Å². The van der Waals surface area contributed by atoms with Crippen molar-refractivity contribution in [3.8, 4) is 0 Å².